The topological polar surface area (TPSA) is 61.6 Å². The molecule has 0 saturated heterocycles. The lowest BCUT2D eigenvalue weighted by Gasteiger charge is -2.42. The Morgan fingerprint density at radius 2 is 1.31 bits per heavy atom. The average Bonchev–Trinajstić information content (AvgIpc) is 2.67. The average molecular weight is 416 g/mol. The lowest BCUT2D eigenvalue weighted by Crippen LogP contribution is -2.47. The molecule has 29 heavy (non-hydrogen) atoms. The van der Waals surface area contributed by atoms with E-state index in [-0.39, 0.29) is 18.0 Å². The summed E-state index contributed by atoms with van der Waals surface area (Å²) in [6.07, 6.45) is 0. The summed E-state index contributed by atoms with van der Waals surface area (Å²) in [5.41, 5.74) is 3.74. The maximum Gasteiger partial charge on any atom is 0.310 e. The molecular weight excluding hydrogens is 382 g/mol. The van der Waals surface area contributed by atoms with Crippen molar-refractivity contribution in [2.75, 3.05) is 0 Å². The van der Waals surface area contributed by atoms with Crippen molar-refractivity contribution >= 4 is 14.0 Å². The second kappa shape index (κ2) is 10.0. The zero-order valence-electron chi connectivity index (χ0n) is 18.3. The molecule has 0 aliphatic carbocycles. The van der Waals surface area contributed by atoms with Crippen molar-refractivity contribution in [3.8, 4) is 5.75 Å². The number of nitro benzene ring substituents is 1. The fraction of sp³-hybridized carbons (Fsp3) is 0.478. The van der Waals surface area contributed by atoms with Crippen molar-refractivity contribution in [2.24, 2.45) is 0 Å². The maximum atomic E-state index is 11.1. The minimum absolute atomic E-state index is 0.0186. The van der Waals surface area contributed by atoms with Crippen LogP contribution in [0.4, 0.5) is 5.69 Å². The van der Waals surface area contributed by atoms with Gasteiger partial charge in [0.25, 0.3) is 0 Å². The van der Waals surface area contributed by atoms with E-state index >= 15 is 0 Å². The van der Waals surface area contributed by atoms with Crippen LogP contribution in [0.2, 0.25) is 16.6 Å². The number of ether oxygens (including phenoxy) is 1. The van der Waals surface area contributed by atoms with Crippen LogP contribution in [0.15, 0.2) is 48.5 Å². The van der Waals surface area contributed by atoms with Gasteiger partial charge in [-0.25, -0.2) is 0 Å². The van der Waals surface area contributed by atoms with Crippen molar-refractivity contribution < 1.29 is 14.1 Å². The molecule has 0 aliphatic rings. The fourth-order valence-corrected chi connectivity index (χ4v) is 9.75. The highest BCUT2D eigenvalue weighted by Gasteiger charge is 2.44. The van der Waals surface area contributed by atoms with Crippen LogP contribution < -0.4 is 4.74 Å². The third kappa shape index (κ3) is 5.45. The predicted octanol–water partition coefficient (Wildman–Crippen LogP) is 6.87. The Hall–Kier alpha value is -2.18. The van der Waals surface area contributed by atoms with E-state index in [9.17, 15) is 10.1 Å². The van der Waals surface area contributed by atoms with Crippen LogP contribution in [0.25, 0.3) is 0 Å². The normalized spacial score (nSPS) is 12.0. The Balaban J connectivity index is 2.03. The van der Waals surface area contributed by atoms with Crippen molar-refractivity contribution in [3.05, 3.63) is 69.8 Å². The number of nitro groups is 1. The first-order valence-corrected chi connectivity index (χ1v) is 12.4. The molecule has 2 aromatic rings. The molecule has 0 spiro atoms. The Kier molecular flexibility index (Phi) is 7.99. The zero-order chi connectivity index (χ0) is 21.6. The van der Waals surface area contributed by atoms with E-state index in [1.807, 2.05) is 12.1 Å². The van der Waals surface area contributed by atoms with E-state index < -0.39 is 13.2 Å². The summed E-state index contributed by atoms with van der Waals surface area (Å²) in [6.45, 7) is 14.6. The minimum Gasteiger partial charge on any atom is -0.482 e. The summed E-state index contributed by atoms with van der Waals surface area (Å²) in [7, 11) is -1.89. The molecule has 0 aromatic heterocycles. The molecule has 0 N–H and O–H groups in total. The monoisotopic (exact) mass is 415 g/mol. The molecule has 2 rings (SSSR count). The molecule has 0 atom stereocenters. The van der Waals surface area contributed by atoms with Gasteiger partial charge in [0.15, 0.2) is 5.75 Å². The Bertz CT molecular complexity index is 781. The Morgan fingerprint density at radius 1 is 0.828 bits per heavy atom. The first kappa shape index (κ1) is 23.1. The zero-order valence-corrected chi connectivity index (χ0v) is 19.3. The number of hydrogen-bond donors (Lipinski definition) is 0. The van der Waals surface area contributed by atoms with Crippen molar-refractivity contribution in [2.45, 2.75) is 71.4 Å². The van der Waals surface area contributed by atoms with Gasteiger partial charge in [0.2, 0.25) is 8.32 Å². The summed E-state index contributed by atoms with van der Waals surface area (Å²) < 4.78 is 12.3. The van der Waals surface area contributed by atoms with Crippen LogP contribution in [0, 0.1) is 10.1 Å². The van der Waals surface area contributed by atoms with Gasteiger partial charge in [-0.1, -0.05) is 77.9 Å². The second-order valence-corrected chi connectivity index (χ2v) is 13.9. The van der Waals surface area contributed by atoms with Crippen molar-refractivity contribution in [1.82, 2.24) is 0 Å². The molecule has 5 nitrogen and oxygen atoms in total. The lowest BCUT2D eigenvalue weighted by molar-refractivity contribution is -0.385. The highest BCUT2D eigenvalue weighted by molar-refractivity contribution is 6.77. The van der Waals surface area contributed by atoms with Gasteiger partial charge in [0, 0.05) is 6.07 Å². The summed E-state index contributed by atoms with van der Waals surface area (Å²) in [6, 6.07) is 14.5. The summed E-state index contributed by atoms with van der Waals surface area (Å²) in [4.78, 5) is 10.7. The van der Waals surface area contributed by atoms with Gasteiger partial charge in [0.05, 0.1) is 11.5 Å². The number of para-hydroxylation sites is 2. The third-order valence-electron chi connectivity index (χ3n) is 5.68. The van der Waals surface area contributed by atoms with Crippen LogP contribution in [0.1, 0.15) is 52.7 Å². The van der Waals surface area contributed by atoms with Gasteiger partial charge in [-0.3, -0.25) is 10.1 Å². The van der Waals surface area contributed by atoms with Crippen LogP contribution in [0.5, 0.6) is 5.75 Å². The summed E-state index contributed by atoms with van der Waals surface area (Å²) in [5.74, 6) is 0.284. The summed E-state index contributed by atoms with van der Waals surface area (Å²) in [5, 5.41) is 11.1. The molecule has 0 radical (unpaired) electrons. The van der Waals surface area contributed by atoms with Crippen LogP contribution in [-0.4, -0.2) is 13.2 Å². The minimum atomic E-state index is -1.89. The maximum absolute atomic E-state index is 11.1. The number of hydrogen-bond acceptors (Lipinski definition) is 4. The standard InChI is InChI=1S/C23H33NO4Si/c1-17(2)29(18(3)4,19(5)6)28-16-21-13-11-20(12-14-21)15-27-23-10-8-7-9-22(23)24(25)26/h7-14,17-19H,15-16H2,1-6H3. The van der Waals surface area contributed by atoms with Gasteiger partial charge >= 0.3 is 5.69 Å². The molecule has 0 bridgehead atoms. The SMILES string of the molecule is CC(C)[Si](OCc1ccc(COc2ccccc2[N+](=O)[O-])cc1)(C(C)C)C(C)C. The van der Waals surface area contributed by atoms with Crippen molar-refractivity contribution in [3.63, 3.8) is 0 Å². The Labute approximate surface area is 175 Å². The van der Waals surface area contributed by atoms with E-state index in [0.717, 1.165) is 11.1 Å². The molecule has 0 amide bonds. The first-order chi connectivity index (χ1) is 13.7. The van der Waals surface area contributed by atoms with Gasteiger partial charge in [0.1, 0.15) is 6.61 Å². The smallest absolute Gasteiger partial charge is 0.310 e. The van der Waals surface area contributed by atoms with Crippen LogP contribution >= 0.6 is 0 Å². The molecule has 158 valence electrons. The molecule has 0 saturated carbocycles. The molecule has 0 fully saturated rings. The molecule has 0 unspecified atom stereocenters. The Morgan fingerprint density at radius 3 is 1.79 bits per heavy atom. The molecular formula is C23H33NO4Si. The lowest BCUT2D eigenvalue weighted by atomic mass is 10.1. The van der Waals surface area contributed by atoms with Gasteiger partial charge in [-0.05, 0) is 33.8 Å². The number of benzene rings is 2. The summed E-state index contributed by atoms with van der Waals surface area (Å²) >= 11 is 0. The number of nitrogens with zero attached hydrogens (tertiary/aromatic N) is 1. The van der Waals surface area contributed by atoms with Gasteiger partial charge in [-0.2, -0.15) is 0 Å². The molecule has 6 heteroatoms. The first-order valence-electron chi connectivity index (χ1n) is 10.3. The van der Waals surface area contributed by atoms with E-state index in [1.165, 1.54) is 6.07 Å². The van der Waals surface area contributed by atoms with E-state index in [0.29, 0.717) is 23.2 Å². The third-order valence-corrected chi connectivity index (χ3v) is 11.7. The number of rotatable bonds is 10. The van der Waals surface area contributed by atoms with E-state index in [2.05, 4.69) is 53.7 Å². The van der Waals surface area contributed by atoms with E-state index in [1.54, 1.807) is 18.2 Å². The molecule has 0 heterocycles. The predicted molar refractivity (Wildman–Crippen MR) is 120 cm³/mol. The fourth-order valence-electron chi connectivity index (χ4n) is 4.33. The van der Waals surface area contributed by atoms with Crippen LogP contribution in [0.3, 0.4) is 0 Å². The van der Waals surface area contributed by atoms with Gasteiger partial charge in [-0.15, -0.1) is 0 Å². The molecule has 0 aliphatic heterocycles. The van der Waals surface area contributed by atoms with E-state index in [4.69, 9.17) is 9.16 Å². The largest absolute Gasteiger partial charge is 0.482 e. The van der Waals surface area contributed by atoms with Gasteiger partial charge < -0.3 is 9.16 Å². The highest BCUT2D eigenvalue weighted by atomic mass is 28.4. The quantitative estimate of drug-likeness (QED) is 0.241. The highest BCUT2D eigenvalue weighted by Crippen LogP contribution is 2.42. The van der Waals surface area contributed by atoms with Crippen molar-refractivity contribution in [1.29, 1.82) is 0 Å². The van der Waals surface area contributed by atoms with Crippen LogP contribution in [-0.2, 0) is 17.6 Å². The second-order valence-electron chi connectivity index (χ2n) is 8.44. The molecule has 2 aromatic carbocycles.